The van der Waals surface area contributed by atoms with Crippen LogP contribution in [-0.2, 0) is 27.7 Å². The smallest absolute Gasteiger partial charge is 0.262 e. The van der Waals surface area contributed by atoms with Gasteiger partial charge in [-0.2, -0.15) is 0 Å². The Kier molecular flexibility index (Phi) is 6.20. The van der Waals surface area contributed by atoms with Gasteiger partial charge in [-0.15, -0.1) is 0 Å². The molecule has 0 aliphatic carbocycles. The highest BCUT2D eigenvalue weighted by Gasteiger charge is 2.17. The van der Waals surface area contributed by atoms with Crippen molar-refractivity contribution in [3.05, 3.63) is 56.9 Å². The van der Waals surface area contributed by atoms with Crippen LogP contribution in [0.15, 0.2) is 50.8 Å². The lowest BCUT2D eigenvalue weighted by atomic mass is 10.2. The summed E-state index contributed by atoms with van der Waals surface area (Å²) in [4.78, 5) is 12.2. The maximum absolute atomic E-state index is 12.5. The number of ether oxygens (including phenoxy) is 1. The first-order chi connectivity index (χ1) is 11.4. The molecule has 0 amide bonds. The Labute approximate surface area is 149 Å². The first-order valence-electron chi connectivity index (χ1n) is 7.37. The van der Waals surface area contributed by atoms with Gasteiger partial charge in [0.2, 0.25) is 5.43 Å². The van der Waals surface area contributed by atoms with Gasteiger partial charge in [0.25, 0.3) is 10.0 Å². The van der Waals surface area contributed by atoms with Gasteiger partial charge in [-0.05, 0) is 47.0 Å². The molecule has 1 aromatic carbocycles. The monoisotopic (exact) mass is 414 g/mol. The molecule has 2 aromatic rings. The lowest BCUT2D eigenvalue weighted by Crippen LogP contribution is -2.20. The predicted molar refractivity (Wildman–Crippen MR) is 96.9 cm³/mol. The number of pyridine rings is 1. The highest BCUT2D eigenvalue weighted by Crippen LogP contribution is 2.16. The van der Waals surface area contributed by atoms with Crippen LogP contribution in [0.4, 0.5) is 5.69 Å². The van der Waals surface area contributed by atoms with Crippen molar-refractivity contribution in [2.45, 2.75) is 24.8 Å². The van der Waals surface area contributed by atoms with Crippen LogP contribution < -0.4 is 10.2 Å². The normalized spacial score (nSPS) is 11.5. The minimum absolute atomic E-state index is 0.00897. The average molecular weight is 415 g/mol. The molecule has 2 rings (SSSR count). The van der Waals surface area contributed by atoms with Gasteiger partial charge in [0.05, 0.1) is 16.0 Å². The molecule has 8 heteroatoms. The Morgan fingerprint density at radius 1 is 1.21 bits per heavy atom. The molecule has 0 unspecified atom stereocenters. The fraction of sp³-hybridized carbons (Fsp3) is 0.312. The SMILES string of the molecule is CCn1cc(Br)c(=O)c(NS(=O)(=O)c2ccc(CCOC)cc2)c1. The Bertz CT molecular complexity index is 861. The molecule has 0 bridgehead atoms. The van der Waals surface area contributed by atoms with Crippen molar-refractivity contribution in [1.82, 2.24) is 4.57 Å². The fourth-order valence-electron chi connectivity index (χ4n) is 2.11. The Balaban J connectivity index is 2.28. The van der Waals surface area contributed by atoms with E-state index in [4.69, 9.17) is 4.74 Å². The van der Waals surface area contributed by atoms with E-state index >= 15 is 0 Å². The molecule has 0 spiro atoms. The molecule has 1 N–H and O–H groups in total. The molecule has 0 atom stereocenters. The van der Waals surface area contributed by atoms with Crippen molar-refractivity contribution < 1.29 is 13.2 Å². The van der Waals surface area contributed by atoms with Gasteiger partial charge >= 0.3 is 0 Å². The van der Waals surface area contributed by atoms with Crippen LogP contribution in [0.25, 0.3) is 0 Å². The van der Waals surface area contributed by atoms with Crippen LogP contribution in [0.5, 0.6) is 0 Å². The largest absolute Gasteiger partial charge is 0.384 e. The average Bonchev–Trinajstić information content (AvgIpc) is 2.57. The van der Waals surface area contributed by atoms with Crippen molar-refractivity contribution in [2.75, 3.05) is 18.4 Å². The van der Waals surface area contributed by atoms with E-state index in [1.54, 1.807) is 30.0 Å². The summed E-state index contributed by atoms with van der Waals surface area (Å²) >= 11 is 3.16. The van der Waals surface area contributed by atoms with Gasteiger partial charge < -0.3 is 9.30 Å². The minimum Gasteiger partial charge on any atom is -0.384 e. The van der Waals surface area contributed by atoms with E-state index in [2.05, 4.69) is 20.7 Å². The summed E-state index contributed by atoms with van der Waals surface area (Å²) in [5, 5.41) is 0. The molecular formula is C16H19BrN2O4S. The van der Waals surface area contributed by atoms with E-state index in [-0.39, 0.29) is 10.6 Å². The third-order valence-electron chi connectivity index (χ3n) is 3.47. The molecular weight excluding hydrogens is 396 g/mol. The van der Waals surface area contributed by atoms with Crippen LogP contribution in [0, 0.1) is 0 Å². The zero-order chi connectivity index (χ0) is 17.7. The molecule has 0 radical (unpaired) electrons. The number of nitrogens with zero attached hydrogens (tertiary/aromatic N) is 1. The van der Waals surface area contributed by atoms with E-state index < -0.39 is 15.5 Å². The standard InChI is InChI=1S/C16H19BrN2O4S/c1-3-19-10-14(17)16(20)15(11-19)18-24(21,22)13-6-4-12(5-7-13)8-9-23-2/h4-7,10-11,18H,3,8-9H2,1-2H3. The molecule has 24 heavy (non-hydrogen) atoms. The Hall–Kier alpha value is -1.64. The summed E-state index contributed by atoms with van der Waals surface area (Å²) in [6, 6.07) is 6.50. The summed E-state index contributed by atoms with van der Waals surface area (Å²) in [7, 11) is -2.22. The number of benzene rings is 1. The minimum atomic E-state index is -3.83. The van der Waals surface area contributed by atoms with Crippen LogP contribution in [0.2, 0.25) is 0 Å². The first kappa shape index (κ1) is 18.7. The van der Waals surface area contributed by atoms with Crippen LogP contribution >= 0.6 is 15.9 Å². The second kappa shape index (κ2) is 7.96. The molecule has 0 fully saturated rings. The van der Waals surface area contributed by atoms with Crippen LogP contribution in [0.1, 0.15) is 12.5 Å². The summed E-state index contributed by atoms with van der Waals surface area (Å²) in [5.74, 6) is 0. The van der Waals surface area contributed by atoms with Gasteiger partial charge in [0.15, 0.2) is 0 Å². The predicted octanol–water partition coefficient (Wildman–Crippen LogP) is 2.62. The van der Waals surface area contributed by atoms with Crippen molar-refractivity contribution >= 4 is 31.6 Å². The Morgan fingerprint density at radius 2 is 1.88 bits per heavy atom. The highest BCUT2D eigenvalue weighted by atomic mass is 79.9. The van der Waals surface area contributed by atoms with Gasteiger partial charge in [-0.25, -0.2) is 8.42 Å². The number of halogens is 1. The van der Waals surface area contributed by atoms with E-state index in [0.717, 1.165) is 5.56 Å². The fourth-order valence-corrected chi connectivity index (χ4v) is 3.63. The number of methoxy groups -OCH3 is 1. The lowest BCUT2D eigenvalue weighted by Gasteiger charge is -2.11. The summed E-state index contributed by atoms with van der Waals surface area (Å²) in [5.41, 5.74) is 0.585. The number of rotatable bonds is 7. The van der Waals surface area contributed by atoms with Crippen LogP contribution in [-0.4, -0.2) is 26.7 Å². The van der Waals surface area contributed by atoms with E-state index in [0.29, 0.717) is 24.0 Å². The summed E-state index contributed by atoms with van der Waals surface area (Å²) < 4.78 is 34.4. The number of sulfonamides is 1. The summed E-state index contributed by atoms with van der Waals surface area (Å²) in [6.45, 7) is 3.08. The van der Waals surface area contributed by atoms with E-state index in [1.165, 1.54) is 18.3 Å². The molecule has 0 saturated heterocycles. The summed E-state index contributed by atoms with van der Waals surface area (Å²) in [6.07, 6.45) is 3.80. The van der Waals surface area contributed by atoms with Gasteiger partial charge in [-0.3, -0.25) is 9.52 Å². The third-order valence-corrected chi connectivity index (χ3v) is 5.42. The number of nitrogens with one attached hydrogen (secondary N) is 1. The number of hydrogen-bond donors (Lipinski definition) is 1. The number of hydrogen-bond acceptors (Lipinski definition) is 4. The molecule has 6 nitrogen and oxygen atoms in total. The molecule has 130 valence electrons. The maximum Gasteiger partial charge on any atom is 0.262 e. The van der Waals surface area contributed by atoms with Gasteiger partial charge in [0.1, 0.15) is 5.69 Å². The molecule has 0 saturated carbocycles. The molecule has 1 aromatic heterocycles. The number of aromatic nitrogens is 1. The second-order valence-corrected chi connectivity index (χ2v) is 7.71. The van der Waals surface area contributed by atoms with E-state index in [9.17, 15) is 13.2 Å². The maximum atomic E-state index is 12.5. The molecule has 0 aliphatic heterocycles. The Morgan fingerprint density at radius 3 is 2.46 bits per heavy atom. The van der Waals surface area contributed by atoms with E-state index in [1.807, 2.05) is 6.92 Å². The third kappa shape index (κ3) is 4.46. The zero-order valence-corrected chi connectivity index (χ0v) is 15.9. The molecule has 0 aliphatic rings. The number of aryl methyl sites for hydroxylation is 1. The highest BCUT2D eigenvalue weighted by molar-refractivity contribution is 9.10. The van der Waals surface area contributed by atoms with Crippen LogP contribution in [0.3, 0.4) is 0 Å². The number of anilines is 1. The van der Waals surface area contributed by atoms with Crippen molar-refractivity contribution in [3.8, 4) is 0 Å². The topological polar surface area (TPSA) is 77.4 Å². The van der Waals surface area contributed by atoms with Crippen molar-refractivity contribution in [1.29, 1.82) is 0 Å². The second-order valence-electron chi connectivity index (χ2n) is 5.17. The van der Waals surface area contributed by atoms with Crippen molar-refractivity contribution in [2.24, 2.45) is 0 Å². The quantitative estimate of drug-likeness (QED) is 0.754. The van der Waals surface area contributed by atoms with Crippen molar-refractivity contribution in [3.63, 3.8) is 0 Å². The zero-order valence-electron chi connectivity index (χ0n) is 13.5. The molecule has 1 heterocycles. The van der Waals surface area contributed by atoms with Gasteiger partial charge in [0, 0.05) is 26.0 Å². The first-order valence-corrected chi connectivity index (χ1v) is 9.65. The van der Waals surface area contributed by atoms with Gasteiger partial charge in [-0.1, -0.05) is 12.1 Å². The lowest BCUT2D eigenvalue weighted by molar-refractivity contribution is 0.202.